The van der Waals surface area contributed by atoms with Crippen molar-refractivity contribution < 1.29 is 14.4 Å². The molecule has 0 saturated heterocycles. The predicted molar refractivity (Wildman–Crippen MR) is 112 cm³/mol. The number of ketones is 3. The molecule has 5 heteroatoms. The first-order valence-corrected chi connectivity index (χ1v) is 9.75. The van der Waals surface area contributed by atoms with Crippen LogP contribution in [0.2, 0.25) is 5.02 Å². The zero-order chi connectivity index (χ0) is 21.7. The quantitative estimate of drug-likeness (QED) is 0.653. The summed E-state index contributed by atoms with van der Waals surface area (Å²) in [4.78, 5) is 39.2. The molecule has 1 saturated carbocycles. The van der Waals surface area contributed by atoms with E-state index in [0.717, 1.165) is 16.7 Å². The van der Waals surface area contributed by atoms with Gasteiger partial charge in [-0.05, 0) is 75.1 Å². The van der Waals surface area contributed by atoms with Crippen LogP contribution in [0.5, 0.6) is 0 Å². The minimum absolute atomic E-state index is 0.346. The van der Waals surface area contributed by atoms with Crippen LogP contribution in [-0.4, -0.2) is 17.3 Å². The van der Waals surface area contributed by atoms with Gasteiger partial charge < -0.3 is 0 Å². The maximum Gasteiger partial charge on any atom is 0.160 e. The second-order valence-electron chi connectivity index (χ2n) is 8.62. The maximum absolute atomic E-state index is 13.2. The first-order chi connectivity index (χ1) is 13.4. The Labute approximate surface area is 175 Å². The molecule has 29 heavy (non-hydrogen) atoms. The van der Waals surface area contributed by atoms with E-state index in [1.165, 1.54) is 0 Å². The molecule has 148 valence electrons. The van der Waals surface area contributed by atoms with E-state index in [4.69, 9.17) is 11.6 Å². The van der Waals surface area contributed by atoms with Crippen molar-refractivity contribution in [1.82, 2.24) is 0 Å². The highest BCUT2D eigenvalue weighted by atomic mass is 35.5. The summed E-state index contributed by atoms with van der Waals surface area (Å²) in [7, 11) is 0. The van der Waals surface area contributed by atoms with Gasteiger partial charge >= 0.3 is 0 Å². The van der Waals surface area contributed by atoms with E-state index in [1.807, 2.05) is 25.1 Å². The summed E-state index contributed by atoms with van der Waals surface area (Å²) in [6, 6.07) is 12.7. The first kappa shape index (κ1) is 21.0. The number of Topliss-reactive ketones (excluding diaryl/α,β-unsaturated/α-hetero) is 3. The Bertz CT molecular complexity index is 1080. The molecule has 2 aromatic rings. The highest BCUT2D eigenvalue weighted by Gasteiger charge is 2.58. The number of nitrogens with zero attached hydrogens (tertiary/aromatic N) is 1. The normalized spacial score (nSPS) is 18.6. The Morgan fingerprint density at radius 2 is 1.41 bits per heavy atom. The molecular weight excluding hydrogens is 386 g/mol. The number of benzene rings is 2. The lowest BCUT2D eigenvalue weighted by Gasteiger charge is -2.41. The van der Waals surface area contributed by atoms with Crippen molar-refractivity contribution in [1.29, 1.82) is 5.26 Å². The molecule has 2 aromatic carbocycles. The largest absolute Gasteiger partial charge is 0.298 e. The summed E-state index contributed by atoms with van der Waals surface area (Å²) >= 11 is 6.03. The van der Waals surface area contributed by atoms with Crippen LogP contribution < -0.4 is 0 Å². The molecule has 0 N–H and O–H groups in total. The van der Waals surface area contributed by atoms with Crippen LogP contribution in [0, 0.1) is 29.1 Å². The van der Waals surface area contributed by atoms with E-state index in [0.29, 0.717) is 16.1 Å². The van der Waals surface area contributed by atoms with E-state index in [-0.39, 0.29) is 17.3 Å². The van der Waals surface area contributed by atoms with Crippen LogP contribution in [0.25, 0.3) is 11.1 Å². The molecule has 0 amide bonds. The van der Waals surface area contributed by atoms with Gasteiger partial charge in [0.15, 0.2) is 17.3 Å². The van der Waals surface area contributed by atoms with Gasteiger partial charge in [0.2, 0.25) is 0 Å². The van der Waals surface area contributed by atoms with E-state index >= 15 is 0 Å². The Balaban J connectivity index is 2.18. The third-order valence-corrected chi connectivity index (χ3v) is 6.23. The predicted octanol–water partition coefficient (Wildman–Crippen LogP) is 5.04. The summed E-state index contributed by atoms with van der Waals surface area (Å²) in [5.74, 6) is -2.09. The molecule has 1 aliphatic rings. The number of carbonyl (C=O) groups is 3. The van der Waals surface area contributed by atoms with Crippen LogP contribution in [-0.2, 0) is 14.4 Å². The minimum atomic E-state index is -1.24. The van der Waals surface area contributed by atoms with Crippen LogP contribution >= 0.6 is 11.6 Å². The second kappa shape index (κ2) is 6.93. The Kier molecular flexibility index (Phi) is 5.01. The smallest absolute Gasteiger partial charge is 0.160 e. The number of hydrogen-bond acceptors (Lipinski definition) is 4. The molecule has 0 bridgehead atoms. The SMILES string of the molecule is Cc1ccc(-c2ccc(Cl)c(C#N)c2)cc1C1C(=O)C(C)(C)C(=O)C(C)(C)C1=O. The molecular formula is C24H22ClNO3. The van der Waals surface area contributed by atoms with Crippen LogP contribution in [0.15, 0.2) is 36.4 Å². The molecule has 0 unspecified atom stereocenters. The number of hydrogen-bond donors (Lipinski definition) is 0. The van der Waals surface area contributed by atoms with Crippen molar-refractivity contribution in [3.63, 3.8) is 0 Å². The molecule has 1 fully saturated rings. The molecule has 3 rings (SSSR count). The van der Waals surface area contributed by atoms with Crippen molar-refractivity contribution in [2.75, 3.05) is 0 Å². The van der Waals surface area contributed by atoms with Gasteiger partial charge in [-0.25, -0.2) is 0 Å². The molecule has 0 aromatic heterocycles. The monoisotopic (exact) mass is 407 g/mol. The summed E-state index contributed by atoms with van der Waals surface area (Å²) in [6.07, 6.45) is 0. The van der Waals surface area contributed by atoms with Gasteiger partial charge in [0.1, 0.15) is 12.0 Å². The van der Waals surface area contributed by atoms with Crippen LogP contribution in [0.3, 0.4) is 0 Å². The fourth-order valence-electron chi connectivity index (χ4n) is 4.05. The lowest BCUT2D eigenvalue weighted by molar-refractivity contribution is -0.157. The van der Waals surface area contributed by atoms with E-state index in [2.05, 4.69) is 6.07 Å². The lowest BCUT2D eigenvalue weighted by atomic mass is 9.57. The summed E-state index contributed by atoms with van der Waals surface area (Å²) in [6.45, 7) is 8.22. The fourth-order valence-corrected chi connectivity index (χ4v) is 4.21. The maximum atomic E-state index is 13.2. The standard InChI is InChI=1S/C24H22ClNO3/c1-13-6-7-15(14-8-9-18(25)16(10-14)12-26)11-17(13)19-20(27)23(2,3)22(29)24(4,5)21(19)28/h6-11,19H,1-5H3. The molecule has 4 nitrogen and oxygen atoms in total. The van der Waals surface area contributed by atoms with Gasteiger partial charge in [-0.15, -0.1) is 0 Å². The molecule has 0 atom stereocenters. The van der Waals surface area contributed by atoms with Gasteiger partial charge in [0, 0.05) is 0 Å². The highest BCUT2D eigenvalue weighted by Crippen LogP contribution is 2.45. The van der Waals surface area contributed by atoms with Gasteiger partial charge in [0.05, 0.1) is 21.4 Å². The van der Waals surface area contributed by atoms with Gasteiger partial charge in [-0.3, -0.25) is 14.4 Å². The number of carbonyl (C=O) groups excluding carboxylic acids is 3. The summed E-state index contributed by atoms with van der Waals surface area (Å²) < 4.78 is 0. The second-order valence-corrected chi connectivity index (χ2v) is 9.03. The number of nitriles is 1. The third kappa shape index (κ3) is 3.20. The zero-order valence-corrected chi connectivity index (χ0v) is 17.8. The Morgan fingerprint density at radius 1 is 0.897 bits per heavy atom. The Morgan fingerprint density at radius 3 is 1.97 bits per heavy atom. The number of rotatable bonds is 2. The lowest BCUT2D eigenvalue weighted by Crippen LogP contribution is -2.56. The molecule has 0 radical (unpaired) electrons. The topological polar surface area (TPSA) is 75.0 Å². The van der Waals surface area contributed by atoms with Crippen LogP contribution in [0.4, 0.5) is 0 Å². The van der Waals surface area contributed by atoms with Crippen molar-refractivity contribution >= 4 is 29.0 Å². The first-order valence-electron chi connectivity index (χ1n) is 9.37. The van der Waals surface area contributed by atoms with Crippen molar-refractivity contribution in [2.24, 2.45) is 10.8 Å². The number of aryl methyl sites for hydroxylation is 1. The fraction of sp³-hybridized carbons (Fsp3) is 0.333. The zero-order valence-electron chi connectivity index (χ0n) is 17.1. The molecule has 1 aliphatic carbocycles. The van der Waals surface area contributed by atoms with Crippen molar-refractivity contribution in [2.45, 2.75) is 40.5 Å². The highest BCUT2D eigenvalue weighted by molar-refractivity contribution is 6.32. The summed E-state index contributed by atoms with van der Waals surface area (Å²) in [5, 5.41) is 9.61. The van der Waals surface area contributed by atoms with Gasteiger partial charge in [-0.2, -0.15) is 5.26 Å². The van der Waals surface area contributed by atoms with E-state index in [1.54, 1.807) is 45.9 Å². The average Bonchev–Trinajstić information content (AvgIpc) is 2.68. The molecule has 0 aliphatic heterocycles. The average molecular weight is 408 g/mol. The molecule has 0 spiro atoms. The van der Waals surface area contributed by atoms with Gasteiger partial charge in [0.25, 0.3) is 0 Å². The third-order valence-electron chi connectivity index (χ3n) is 5.90. The van der Waals surface area contributed by atoms with Crippen LogP contribution in [0.1, 0.15) is 50.3 Å². The van der Waals surface area contributed by atoms with Crippen molar-refractivity contribution in [3.8, 4) is 17.2 Å². The van der Waals surface area contributed by atoms with Crippen molar-refractivity contribution in [3.05, 3.63) is 58.1 Å². The van der Waals surface area contributed by atoms with E-state index in [9.17, 15) is 19.6 Å². The van der Waals surface area contributed by atoms with E-state index < -0.39 is 16.7 Å². The number of halogens is 1. The summed E-state index contributed by atoms with van der Waals surface area (Å²) in [5.41, 5.74) is 0.807. The molecule has 0 heterocycles. The minimum Gasteiger partial charge on any atom is -0.298 e. The van der Waals surface area contributed by atoms with Gasteiger partial charge in [-0.1, -0.05) is 29.8 Å². The Hall–Kier alpha value is -2.77.